The van der Waals surface area contributed by atoms with E-state index in [9.17, 15) is 14.0 Å². The summed E-state index contributed by atoms with van der Waals surface area (Å²) in [6, 6.07) is 19.1. The van der Waals surface area contributed by atoms with Gasteiger partial charge in [0.15, 0.2) is 0 Å². The van der Waals surface area contributed by atoms with Gasteiger partial charge >= 0.3 is 6.03 Å². The van der Waals surface area contributed by atoms with Crippen molar-refractivity contribution in [1.82, 2.24) is 0 Å². The maximum Gasteiger partial charge on any atom is 0.324 e. The second-order valence-electron chi connectivity index (χ2n) is 6.33. The molecule has 0 saturated heterocycles. The van der Waals surface area contributed by atoms with Crippen molar-refractivity contribution in [3.8, 4) is 0 Å². The molecule has 150 valence electrons. The fourth-order valence-corrected chi connectivity index (χ4v) is 4.25. The zero-order valence-electron chi connectivity index (χ0n) is 15.4. The summed E-state index contributed by atoms with van der Waals surface area (Å²) in [5.41, 5.74) is 1.03. The Balaban J connectivity index is 1.50. The summed E-state index contributed by atoms with van der Waals surface area (Å²) < 4.78 is 14.0. The van der Waals surface area contributed by atoms with E-state index >= 15 is 0 Å². The van der Waals surface area contributed by atoms with Crippen LogP contribution in [0.5, 0.6) is 0 Å². The molecule has 5 nitrogen and oxygen atoms in total. The Bertz CT molecular complexity index is 1240. The number of rotatable bonds is 4. The standard InChI is InChI=1S/C22H15ClFN3O2S/c23-19-16-6-2-4-8-18(16)30-21(19)27-22(29)26-17-7-3-1-5-15(17)20(28)25-14-11-9-13(24)10-12-14/h1-12H,(H,25,28)(H2,26,27,29). The number of hydrogen-bond donors (Lipinski definition) is 3. The molecule has 3 aromatic carbocycles. The molecule has 4 rings (SSSR count). The van der Waals surface area contributed by atoms with Gasteiger partial charge in [0.05, 0.1) is 16.3 Å². The number of amides is 3. The van der Waals surface area contributed by atoms with E-state index in [0.29, 0.717) is 21.4 Å². The van der Waals surface area contributed by atoms with Crippen molar-refractivity contribution >= 4 is 61.3 Å². The lowest BCUT2D eigenvalue weighted by Gasteiger charge is -2.12. The first-order chi connectivity index (χ1) is 14.5. The summed E-state index contributed by atoms with van der Waals surface area (Å²) in [6.07, 6.45) is 0. The third-order valence-electron chi connectivity index (χ3n) is 4.28. The zero-order valence-corrected chi connectivity index (χ0v) is 17.0. The summed E-state index contributed by atoms with van der Waals surface area (Å²) in [5, 5.41) is 9.94. The SMILES string of the molecule is O=C(Nc1ccccc1C(=O)Nc1ccc(F)cc1)Nc1sc2ccccc2c1Cl. The molecule has 0 radical (unpaired) electrons. The summed E-state index contributed by atoms with van der Waals surface area (Å²) in [4.78, 5) is 25.2. The first-order valence-electron chi connectivity index (χ1n) is 8.92. The third kappa shape index (κ3) is 4.27. The molecule has 4 aromatic rings. The van der Waals surface area contributed by atoms with Gasteiger partial charge in [-0.2, -0.15) is 0 Å². The van der Waals surface area contributed by atoms with E-state index in [0.717, 1.165) is 10.1 Å². The highest BCUT2D eigenvalue weighted by atomic mass is 35.5. The third-order valence-corrected chi connectivity index (χ3v) is 5.87. The van der Waals surface area contributed by atoms with E-state index in [2.05, 4.69) is 16.0 Å². The molecule has 0 unspecified atom stereocenters. The number of halogens is 2. The van der Waals surface area contributed by atoms with E-state index in [4.69, 9.17) is 11.6 Å². The van der Waals surface area contributed by atoms with Gasteiger partial charge < -0.3 is 10.6 Å². The molecule has 0 aliphatic carbocycles. The molecule has 0 saturated carbocycles. The minimum Gasteiger partial charge on any atom is -0.322 e. The first-order valence-corrected chi connectivity index (χ1v) is 10.1. The van der Waals surface area contributed by atoms with Crippen LogP contribution in [0.15, 0.2) is 72.8 Å². The number of anilines is 3. The Labute approximate surface area is 180 Å². The van der Waals surface area contributed by atoms with Crippen LogP contribution < -0.4 is 16.0 Å². The maximum atomic E-state index is 13.1. The Morgan fingerprint density at radius 1 is 0.833 bits per heavy atom. The minimum atomic E-state index is -0.523. The molecular weight excluding hydrogens is 425 g/mol. The molecule has 0 aliphatic heterocycles. The van der Waals surface area contributed by atoms with Crippen molar-refractivity contribution in [3.05, 3.63) is 89.2 Å². The van der Waals surface area contributed by atoms with Crippen molar-refractivity contribution in [2.24, 2.45) is 0 Å². The largest absolute Gasteiger partial charge is 0.324 e. The van der Waals surface area contributed by atoms with Gasteiger partial charge in [0.25, 0.3) is 5.91 Å². The smallest absolute Gasteiger partial charge is 0.322 e. The maximum absolute atomic E-state index is 13.1. The molecule has 0 atom stereocenters. The number of nitrogens with one attached hydrogen (secondary N) is 3. The highest BCUT2D eigenvalue weighted by Crippen LogP contribution is 2.39. The van der Waals surface area contributed by atoms with Crippen molar-refractivity contribution in [2.75, 3.05) is 16.0 Å². The van der Waals surface area contributed by atoms with Gasteiger partial charge in [0, 0.05) is 15.8 Å². The van der Waals surface area contributed by atoms with Gasteiger partial charge in [0.1, 0.15) is 10.8 Å². The predicted octanol–water partition coefficient (Wildman–Crippen LogP) is 6.59. The Morgan fingerprint density at radius 3 is 2.30 bits per heavy atom. The minimum absolute atomic E-state index is 0.263. The predicted molar refractivity (Wildman–Crippen MR) is 120 cm³/mol. The van der Waals surface area contributed by atoms with Crippen LogP contribution in [0.2, 0.25) is 5.02 Å². The van der Waals surface area contributed by atoms with Crippen LogP contribution in [0.25, 0.3) is 10.1 Å². The Hall–Kier alpha value is -3.42. The lowest BCUT2D eigenvalue weighted by atomic mass is 10.1. The van der Waals surface area contributed by atoms with Crippen LogP contribution in [-0.2, 0) is 0 Å². The quantitative estimate of drug-likeness (QED) is 0.335. The van der Waals surface area contributed by atoms with Gasteiger partial charge in [-0.3, -0.25) is 10.1 Å². The van der Waals surface area contributed by atoms with Crippen molar-refractivity contribution < 1.29 is 14.0 Å². The highest BCUT2D eigenvalue weighted by molar-refractivity contribution is 7.23. The fraction of sp³-hybridized carbons (Fsp3) is 0. The number of benzene rings is 3. The normalized spacial score (nSPS) is 10.6. The van der Waals surface area contributed by atoms with Crippen molar-refractivity contribution in [2.45, 2.75) is 0 Å². The highest BCUT2D eigenvalue weighted by Gasteiger charge is 2.16. The second kappa shape index (κ2) is 8.52. The van der Waals surface area contributed by atoms with Gasteiger partial charge in [-0.25, -0.2) is 9.18 Å². The van der Waals surface area contributed by atoms with Gasteiger partial charge in [-0.05, 0) is 42.5 Å². The summed E-state index contributed by atoms with van der Waals surface area (Å²) in [6.45, 7) is 0. The van der Waals surface area contributed by atoms with E-state index in [1.54, 1.807) is 24.3 Å². The van der Waals surface area contributed by atoms with Crippen LogP contribution in [0.3, 0.4) is 0 Å². The monoisotopic (exact) mass is 439 g/mol. The van der Waals surface area contributed by atoms with Crippen LogP contribution in [-0.4, -0.2) is 11.9 Å². The van der Waals surface area contributed by atoms with Gasteiger partial charge in [-0.15, -0.1) is 11.3 Å². The molecule has 30 heavy (non-hydrogen) atoms. The molecule has 0 spiro atoms. The summed E-state index contributed by atoms with van der Waals surface area (Å²) in [5.74, 6) is -0.830. The van der Waals surface area contributed by atoms with E-state index in [1.807, 2.05) is 24.3 Å². The molecule has 1 heterocycles. The van der Waals surface area contributed by atoms with E-state index < -0.39 is 17.8 Å². The molecule has 0 fully saturated rings. The first kappa shape index (κ1) is 19.9. The molecule has 3 amide bonds. The number of carbonyl (C=O) groups is 2. The Kier molecular flexibility index (Phi) is 5.65. The average molecular weight is 440 g/mol. The number of hydrogen-bond acceptors (Lipinski definition) is 3. The van der Waals surface area contributed by atoms with Gasteiger partial charge in [-0.1, -0.05) is 41.9 Å². The van der Waals surface area contributed by atoms with E-state index in [-0.39, 0.29) is 5.56 Å². The Morgan fingerprint density at radius 2 is 1.53 bits per heavy atom. The lowest BCUT2D eigenvalue weighted by molar-refractivity contribution is 0.102. The summed E-state index contributed by atoms with van der Waals surface area (Å²) >= 11 is 7.73. The van der Waals surface area contributed by atoms with Crippen LogP contribution in [0, 0.1) is 5.82 Å². The second-order valence-corrected chi connectivity index (χ2v) is 7.76. The number of para-hydroxylation sites is 1. The topological polar surface area (TPSA) is 70.2 Å². The summed E-state index contributed by atoms with van der Waals surface area (Å²) in [7, 11) is 0. The molecule has 0 bridgehead atoms. The zero-order chi connectivity index (χ0) is 21.1. The molecule has 1 aromatic heterocycles. The number of carbonyl (C=O) groups excluding carboxylic acids is 2. The van der Waals surface area contributed by atoms with Crippen LogP contribution >= 0.6 is 22.9 Å². The number of urea groups is 1. The number of thiophene rings is 1. The van der Waals surface area contributed by atoms with Crippen molar-refractivity contribution in [3.63, 3.8) is 0 Å². The van der Waals surface area contributed by atoms with Crippen molar-refractivity contribution in [1.29, 1.82) is 0 Å². The molecular formula is C22H15ClFN3O2S. The fourth-order valence-electron chi connectivity index (χ4n) is 2.87. The van der Waals surface area contributed by atoms with Crippen LogP contribution in [0.1, 0.15) is 10.4 Å². The number of fused-ring (bicyclic) bond motifs is 1. The molecule has 3 N–H and O–H groups in total. The lowest BCUT2D eigenvalue weighted by Crippen LogP contribution is -2.22. The molecule has 0 aliphatic rings. The van der Waals surface area contributed by atoms with Crippen LogP contribution in [0.4, 0.5) is 25.6 Å². The molecule has 8 heteroatoms. The average Bonchev–Trinajstić information content (AvgIpc) is 3.05. The van der Waals surface area contributed by atoms with E-state index in [1.165, 1.54) is 35.6 Å². The van der Waals surface area contributed by atoms with Gasteiger partial charge in [0.2, 0.25) is 0 Å².